The number of likely N-dealkylation sites (tertiary alicyclic amines) is 1. The SMILES string of the molecule is COC(=O)CC(C(=O)O)C1CN(C(=O)C2CC2)C1. The molecule has 0 radical (unpaired) electrons. The van der Waals surface area contributed by atoms with Gasteiger partial charge in [0.2, 0.25) is 5.91 Å². The molecule has 1 aliphatic carbocycles. The molecule has 0 aromatic rings. The number of esters is 1. The first-order valence-electron chi connectivity index (χ1n) is 6.11. The number of hydrogen-bond donors (Lipinski definition) is 1. The van der Waals surface area contributed by atoms with E-state index in [-0.39, 0.29) is 24.2 Å². The van der Waals surface area contributed by atoms with Gasteiger partial charge in [-0.25, -0.2) is 0 Å². The average molecular weight is 255 g/mol. The predicted octanol–water partition coefficient (Wildman–Crippen LogP) is 0.119. The van der Waals surface area contributed by atoms with Crippen LogP contribution in [0.4, 0.5) is 0 Å². The van der Waals surface area contributed by atoms with Crippen LogP contribution in [-0.4, -0.2) is 48.1 Å². The Morgan fingerprint density at radius 3 is 2.39 bits per heavy atom. The third-order valence-corrected chi connectivity index (χ3v) is 3.65. The quantitative estimate of drug-likeness (QED) is 0.705. The Bertz CT molecular complexity index is 371. The summed E-state index contributed by atoms with van der Waals surface area (Å²) in [5, 5.41) is 9.09. The number of carbonyl (C=O) groups is 3. The van der Waals surface area contributed by atoms with E-state index in [2.05, 4.69) is 4.74 Å². The monoisotopic (exact) mass is 255 g/mol. The summed E-state index contributed by atoms with van der Waals surface area (Å²) < 4.78 is 4.49. The molecule has 0 bridgehead atoms. The summed E-state index contributed by atoms with van der Waals surface area (Å²) in [6.07, 6.45) is 1.77. The first-order chi connectivity index (χ1) is 8.52. The number of carboxylic acids is 1. The molecule has 0 spiro atoms. The second-order valence-corrected chi connectivity index (χ2v) is 5.00. The Morgan fingerprint density at radius 2 is 1.94 bits per heavy atom. The number of carboxylic acid groups (broad SMARTS) is 1. The molecule has 6 nitrogen and oxygen atoms in total. The maximum atomic E-state index is 11.7. The molecule has 1 saturated heterocycles. The second-order valence-electron chi connectivity index (χ2n) is 5.00. The van der Waals surface area contributed by atoms with Crippen molar-refractivity contribution in [2.45, 2.75) is 19.3 Å². The van der Waals surface area contributed by atoms with E-state index in [0.29, 0.717) is 13.1 Å². The van der Waals surface area contributed by atoms with E-state index in [1.165, 1.54) is 7.11 Å². The minimum absolute atomic E-state index is 0.123. The molecule has 18 heavy (non-hydrogen) atoms. The summed E-state index contributed by atoms with van der Waals surface area (Å²) in [5.74, 6) is -2.11. The van der Waals surface area contributed by atoms with Crippen LogP contribution >= 0.6 is 0 Å². The van der Waals surface area contributed by atoms with Crippen LogP contribution in [0.25, 0.3) is 0 Å². The summed E-state index contributed by atoms with van der Waals surface area (Å²) in [4.78, 5) is 35.6. The number of methoxy groups -OCH3 is 1. The second kappa shape index (κ2) is 4.96. The molecular weight excluding hydrogens is 238 g/mol. The van der Waals surface area contributed by atoms with Crippen LogP contribution in [0, 0.1) is 17.8 Å². The molecule has 1 unspecified atom stereocenters. The minimum Gasteiger partial charge on any atom is -0.481 e. The highest BCUT2D eigenvalue weighted by molar-refractivity contribution is 5.83. The number of nitrogens with zero attached hydrogens (tertiary/aromatic N) is 1. The molecule has 1 N–H and O–H groups in total. The Labute approximate surface area is 105 Å². The predicted molar refractivity (Wildman–Crippen MR) is 60.6 cm³/mol. The van der Waals surface area contributed by atoms with Gasteiger partial charge in [-0.15, -0.1) is 0 Å². The minimum atomic E-state index is -0.996. The molecule has 2 aliphatic rings. The number of carbonyl (C=O) groups excluding carboxylic acids is 2. The Kier molecular flexibility index (Phi) is 3.54. The lowest BCUT2D eigenvalue weighted by Gasteiger charge is -2.42. The van der Waals surface area contributed by atoms with Crippen molar-refractivity contribution >= 4 is 17.8 Å². The first-order valence-corrected chi connectivity index (χ1v) is 6.11. The highest BCUT2D eigenvalue weighted by Gasteiger charge is 2.44. The lowest BCUT2D eigenvalue weighted by atomic mass is 9.83. The van der Waals surface area contributed by atoms with Crippen LogP contribution in [0.3, 0.4) is 0 Å². The maximum Gasteiger partial charge on any atom is 0.307 e. The largest absolute Gasteiger partial charge is 0.481 e. The van der Waals surface area contributed by atoms with Crippen LogP contribution in [-0.2, 0) is 19.1 Å². The topological polar surface area (TPSA) is 83.9 Å². The molecule has 2 rings (SSSR count). The number of amides is 1. The normalized spacial score (nSPS) is 21.1. The molecule has 2 fully saturated rings. The lowest BCUT2D eigenvalue weighted by Crippen LogP contribution is -2.54. The highest BCUT2D eigenvalue weighted by atomic mass is 16.5. The van der Waals surface area contributed by atoms with Crippen molar-refractivity contribution in [1.29, 1.82) is 0 Å². The highest BCUT2D eigenvalue weighted by Crippen LogP contribution is 2.35. The van der Waals surface area contributed by atoms with Crippen molar-refractivity contribution in [2.75, 3.05) is 20.2 Å². The van der Waals surface area contributed by atoms with Crippen LogP contribution in [0.1, 0.15) is 19.3 Å². The molecule has 1 atom stereocenters. The number of aliphatic carboxylic acids is 1. The van der Waals surface area contributed by atoms with Gasteiger partial charge in [0, 0.05) is 24.9 Å². The van der Waals surface area contributed by atoms with Gasteiger partial charge in [0.15, 0.2) is 0 Å². The standard InChI is InChI=1S/C12H17NO5/c1-18-10(14)4-9(12(16)17)8-5-13(6-8)11(15)7-2-3-7/h7-9H,2-6H2,1H3,(H,16,17). The van der Waals surface area contributed by atoms with Gasteiger partial charge >= 0.3 is 11.9 Å². The summed E-state index contributed by atoms with van der Waals surface area (Å²) in [6, 6.07) is 0. The van der Waals surface area contributed by atoms with Crippen molar-refractivity contribution in [2.24, 2.45) is 17.8 Å². The fraction of sp³-hybridized carbons (Fsp3) is 0.750. The number of rotatable bonds is 5. The van der Waals surface area contributed by atoms with Crippen molar-refractivity contribution in [3.63, 3.8) is 0 Å². The maximum absolute atomic E-state index is 11.7. The fourth-order valence-electron chi connectivity index (χ4n) is 2.25. The van der Waals surface area contributed by atoms with Crippen LogP contribution in [0.15, 0.2) is 0 Å². The smallest absolute Gasteiger partial charge is 0.307 e. The van der Waals surface area contributed by atoms with Gasteiger partial charge in [0.25, 0.3) is 0 Å². The summed E-state index contributed by atoms with van der Waals surface area (Å²) in [6.45, 7) is 0.895. The van der Waals surface area contributed by atoms with Crippen molar-refractivity contribution < 1.29 is 24.2 Å². The van der Waals surface area contributed by atoms with Gasteiger partial charge in [-0.05, 0) is 12.8 Å². The van der Waals surface area contributed by atoms with Crippen LogP contribution in [0.2, 0.25) is 0 Å². The zero-order valence-corrected chi connectivity index (χ0v) is 10.3. The molecule has 1 aliphatic heterocycles. The number of hydrogen-bond acceptors (Lipinski definition) is 4. The van der Waals surface area contributed by atoms with E-state index in [4.69, 9.17) is 5.11 Å². The third-order valence-electron chi connectivity index (χ3n) is 3.65. The zero-order valence-electron chi connectivity index (χ0n) is 10.3. The molecule has 1 saturated carbocycles. The zero-order chi connectivity index (χ0) is 13.3. The van der Waals surface area contributed by atoms with E-state index in [1.54, 1.807) is 4.90 Å². The molecule has 100 valence electrons. The number of ether oxygens (including phenoxy) is 1. The Balaban J connectivity index is 1.84. The molecule has 0 aromatic carbocycles. The van der Waals surface area contributed by atoms with E-state index in [1.807, 2.05) is 0 Å². The van der Waals surface area contributed by atoms with Gasteiger partial charge in [0.1, 0.15) is 0 Å². The molecule has 0 aromatic heterocycles. The van der Waals surface area contributed by atoms with Gasteiger partial charge in [-0.3, -0.25) is 14.4 Å². The first kappa shape index (κ1) is 12.9. The molecule has 6 heteroatoms. The average Bonchev–Trinajstić information content (AvgIpc) is 3.08. The van der Waals surface area contributed by atoms with Gasteiger partial charge in [-0.1, -0.05) is 0 Å². The van der Waals surface area contributed by atoms with Crippen molar-refractivity contribution in [3.8, 4) is 0 Å². The Morgan fingerprint density at radius 1 is 1.33 bits per heavy atom. The summed E-state index contributed by atoms with van der Waals surface area (Å²) in [5.41, 5.74) is 0. The van der Waals surface area contributed by atoms with Crippen LogP contribution in [0.5, 0.6) is 0 Å². The molecule has 1 heterocycles. The summed E-state index contributed by atoms with van der Waals surface area (Å²) in [7, 11) is 1.24. The van der Waals surface area contributed by atoms with Crippen molar-refractivity contribution in [3.05, 3.63) is 0 Å². The van der Waals surface area contributed by atoms with E-state index in [0.717, 1.165) is 12.8 Å². The lowest BCUT2D eigenvalue weighted by molar-refractivity contribution is -0.157. The Hall–Kier alpha value is -1.59. The molecule has 1 amide bonds. The van der Waals surface area contributed by atoms with Crippen LogP contribution < -0.4 is 0 Å². The molecular formula is C12H17NO5. The van der Waals surface area contributed by atoms with Crippen molar-refractivity contribution in [1.82, 2.24) is 4.90 Å². The third kappa shape index (κ3) is 2.63. The van der Waals surface area contributed by atoms with E-state index < -0.39 is 17.9 Å². The van der Waals surface area contributed by atoms with Gasteiger partial charge in [-0.2, -0.15) is 0 Å². The van der Waals surface area contributed by atoms with Gasteiger partial charge in [0.05, 0.1) is 19.4 Å². The van der Waals surface area contributed by atoms with E-state index in [9.17, 15) is 14.4 Å². The summed E-state index contributed by atoms with van der Waals surface area (Å²) >= 11 is 0. The van der Waals surface area contributed by atoms with Gasteiger partial charge < -0.3 is 14.7 Å². The fourth-order valence-corrected chi connectivity index (χ4v) is 2.25. The van der Waals surface area contributed by atoms with E-state index >= 15 is 0 Å².